The van der Waals surface area contributed by atoms with Gasteiger partial charge < -0.3 is 8.37 Å². The second-order valence-electron chi connectivity index (χ2n) is 15.0. The van der Waals surface area contributed by atoms with E-state index >= 15 is 0 Å². The molecule has 0 aliphatic rings. The van der Waals surface area contributed by atoms with Gasteiger partial charge in [-0.15, -0.1) is 8.42 Å². The highest BCUT2D eigenvalue weighted by Gasteiger charge is 2.23. The van der Waals surface area contributed by atoms with Crippen molar-refractivity contribution in [1.82, 2.24) is 0 Å². The summed E-state index contributed by atoms with van der Waals surface area (Å²) >= 11 is 0. The lowest BCUT2D eigenvalue weighted by Gasteiger charge is -2.17. The summed E-state index contributed by atoms with van der Waals surface area (Å²) in [4.78, 5) is 0. The molecule has 316 valence electrons. The third-order valence-corrected chi connectivity index (χ3v) is 11.2. The van der Waals surface area contributed by atoms with Crippen LogP contribution in [0.1, 0.15) is 66.8 Å². The van der Waals surface area contributed by atoms with Gasteiger partial charge in [0.1, 0.15) is 0 Å². The van der Waals surface area contributed by atoms with Crippen molar-refractivity contribution in [2.75, 3.05) is 0 Å². The fourth-order valence-corrected chi connectivity index (χ4v) is 7.89. The number of hydrogen-bond donors (Lipinski definition) is 0. The Labute approximate surface area is 382 Å². The average molecular weight is 863 g/mol. The van der Waals surface area contributed by atoms with Crippen LogP contribution in [0, 0.1) is 0 Å². The van der Waals surface area contributed by atoms with Gasteiger partial charge in [-0.1, -0.05) is 255 Å². The van der Waals surface area contributed by atoms with Gasteiger partial charge in [-0.2, -0.15) is 0 Å². The molecular formula is C60H46O4S. The normalized spacial score (nSPS) is 12.1. The molecule has 0 unspecified atom stereocenters. The van der Waals surface area contributed by atoms with Crippen molar-refractivity contribution in [2.45, 2.75) is 0 Å². The Morgan fingerprint density at radius 1 is 0.246 bits per heavy atom. The topological polar surface area (TPSA) is 52.6 Å². The molecule has 65 heavy (non-hydrogen) atoms. The van der Waals surface area contributed by atoms with Gasteiger partial charge in [0.25, 0.3) is 0 Å². The van der Waals surface area contributed by atoms with E-state index in [1.165, 1.54) is 0 Å². The maximum atomic E-state index is 14.4. The minimum Gasteiger partial charge on any atom is -0.352 e. The fraction of sp³-hybridized carbons (Fsp3) is 0. The van der Waals surface area contributed by atoms with Crippen molar-refractivity contribution in [3.63, 3.8) is 0 Å². The molecule has 0 saturated heterocycles. The zero-order valence-electron chi connectivity index (χ0n) is 35.6. The Morgan fingerprint density at radius 2 is 0.477 bits per heavy atom. The Bertz CT molecular complexity index is 2890. The Balaban J connectivity index is 1.24. The first-order valence-electron chi connectivity index (χ1n) is 21.3. The lowest BCUT2D eigenvalue weighted by Crippen LogP contribution is -2.18. The summed E-state index contributed by atoms with van der Waals surface area (Å²) in [6, 6.07) is 66.8. The number of hydrogen-bond acceptors (Lipinski definition) is 4. The molecule has 0 atom stereocenters. The highest BCUT2D eigenvalue weighted by atomic mass is 32.3. The van der Waals surface area contributed by atoms with Crippen LogP contribution in [0.5, 0.6) is 11.5 Å². The number of rotatable bonds is 16. The first kappa shape index (κ1) is 43.4. The predicted molar refractivity (Wildman–Crippen MR) is 275 cm³/mol. The first-order chi connectivity index (χ1) is 32.0. The number of benzene rings is 8. The standard InChI is InChI=1S/C60H46O4S/c61-65(62,63-59-45-39-53(37-31-47-19-7-1-8-20-47)55(41-33-49-23-11-3-12-24-49)57(59)43-35-51-27-15-5-16-28-51)64-60-46-40-54(38-32-48-21-9-2-10-22-48)56(42-34-50-25-13-4-14-26-50)58(60)44-36-52-29-17-6-18-30-52/h1-46H/b37-31+,38-32+,41-33+,42-34+,43-35+,44-36+. The van der Waals surface area contributed by atoms with Crippen molar-refractivity contribution in [3.05, 3.63) is 273 Å². The van der Waals surface area contributed by atoms with Gasteiger partial charge in [-0.25, -0.2) is 0 Å². The highest BCUT2D eigenvalue weighted by molar-refractivity contribution is 7.82. The molecule has 0 aliphatic carbocycles. The van der Waals surface area contributed by atoms with Crippen LogP contribution < -0.4 is 8.37 Å². The summed E-state index contributed by atoms with van der Waals surface area (Å²) in [7, 11) is -4.75. The van der Waals surface area contributed by atoms with Gasteiger partial charge in [0.15, 0.2) is 11.5 Å². The molecule has 0 N–H and O–H groups in total. The highest BCUT2D eigenvalue weighted by Crippen LogP contribution is 2.35. The monoisotopic (exact) mass is 862 g/mol. The van der Waals surface area contributed by atoms with Crippen LogP contribution in [-0.4, -0.2) is 8.42 Å². The van der Waals surface area contributed by atoms with Gasteiger partial charge in [0, 0.05) is 11.1 Å². The van der Waals surface area contributed by atoms with Crippen molar-refractivity contribution in [2.24, 2.45) is 0 Å². The summed E-state index contributed by atoms with van der Waals surface area (Å²) < 4.78 is 41.0. The molecule has 8 aromatic carbocycles. The van der Waals surface area contributed by atoms with E-state index in [1.807, 2.05) is 267 Å². The third-order valence-electron chi connectivity index (χ3n) is 10.4. The van der Waals surface area contributed by atoms with Crippen LogP contribution in [0.3, 0.4) is 0 Å². The summed E-state index contributed by atoms with van der Waals surface area (Å²) in [6.45, 7) is 0. The van der Waals surface area contributed by atoms with Crippen LogP contribution in [-0.2, 0) is 10.4 Å². The van der Waals surface area contributed by atoms with Crippen molar-refractivity contribution >= 4 is 83.3 Å². The minimum atomic E-state index is -4.75. The predicted octanol–water partition coefficient (Wildman–Crippen LogP) is 15.4. The molecule has 0 aliphatic heterocycles. The van der Waals surface area contributed by atoms with Crippen LogP contribution in [0.25, 0.3) is 72.9 Å². The van der Waals surface area contributed by atoms with Crippen molar-refractivity contribution in [3.8, 4) is 11.5 Å². The van der Waals surface area contributed by atoms with Crippen LogP contribution in [0.15, 0.2) is 206 Å². The molecular weight excluding hydrogens is 817 g/mol. The quantitative estimate of drug-likeness (QED) is 0.0908. The molecule has 0 amide bonds. The van der Waals surface area contributed by atoms with E-state index in [9.17, 15) is 8.42 Å². The van der Waals surface area contributed by atoms with E-state index in [1.54, 1.807) is 12.1 Å². The molecule has 0 fully saturated rings. The molecule has 0 bridgehead atoms. The summed E-state index contributed by atoms with van der Waals surface area (Å²) in [5.41, 5.74) is 10.3. The minimum absolute atomic E-state index is 0.106. The summed E-state index contributed by atoms with van der Waals surface area (Å²) in [5, 5.41) is 0. The molecule has 8 rings (SSSR count). The van der Waals surface area contributed by atoms with Crippen LogP contribution in [0.4, 0.5) is 0 Å². The van der Waals surface area contributed by atoms with Gasteiger partial charge >= 0.3 is 10.4 Å². The summed E-state index contributed by atoms with van der Waals surface area (Å²) in [6.07, 6.45) is 23.8. The SMILES string of the molecule is O=S(=O)(Oc1ccc(/C=C/c2ccccc2)c(/C=C/c2ccccc2)c1/C=C/c1ccccc1)Oc1ccc(/C=C/c2ccccc2)c(/C=C/c2ccccc2)c1/C=C/c1ccccc1. The summed E-state index contributed by atoms with van der Waals surface area (Å²) in [5.74, 6) is 0.212. The first-order valence-corrected chi connectivity index (χ1v) is 22.7. The fourth-order valence-electron chi connectivity index (χ4n) is 7.13. The van der Waals surface area contributed by atoms with Gasteiger partial charge in [-0.05, 0) is 79.9 Å². The van der Waals surface area contributed by atoms with Gasteiger partial charge in [0.2, 0.25) is 0 Å². The molecule has 0 heterocycles. The van der Waals surface area contributed by atoms with Crippen molar-refractivity contribution < 1.29 is 16.8 Å². The van der Waals surface area contributed by atoms with E-state index in [-0.39, 0.29) is 11.5 Å². The lowest BCUT2D eigenvalue weighted by molar-refractivity contribution is 0.392. The van der Waals surface area contributed by atoms with Crippen LogP contribution >= 0.6 is 0 Å². The smallest absolute Gasteiger partial charge is 0.352 e. The molecule has 0 saturated carbocycles. The van der Waals surface area contributed by atoms with Gasteiger partial charge in [0.05, 0.1) is 0 Å². The Morgan fingerprint density at radius 3 is 0.738 bits per heavy atom. The maximum Gasteiger partial charge on any atom is 0.501 e. The molecule has 0 aromatic heterocycles. The van der Waals surface area contributed by atoms with Crippen molar-refractivity contribution in [1.29, 1.82) is 0 Å². The largest absolute Gasteiger partial charge is 0.501 e. The Kier molecular flexibility index (Phi) is 14.5. The second kappa shape index (κ2) is 21.7. The Hall–Kier alpha value is -8.25. The van der Waals surface area contributed by atoms with E-state index in [0.29, 0.717) is 11.1 Å². The zero-order valence-corrected chi connectivity index (χ0v) is 36.4. The maximum absolute atomic E-state index is 14.4. The third kappa shape index (κ3) is 12.4. The molecule has 5 heteroatoms. The van der Waals surface area contributed by atoms with E-state index in [2.05, 4.69) is 0 Å². The molecule has 0 spiro atoms. The van der Waals surface area contributed by atoms with E-state index in [4.69, 9.17) is 8.37 Å². The zero-order chi connectivity index (χ0) is 44.5. The molecule has 8 aromatic rings. The lowest BCUT2D eigenvalue weighted by atomic mass is 9.96. The van der Waals surface area contributed by atoms with Gasteiger partial charge in [-0.3, -0.25) is 0 Å². The second-order valence-corrected chi connectivity index (χ2v) is 16.1. The molecule has 4 nitrogen and oxygen atoms in total. The average Bonchev–Trinajstić information content (AvgIpc) is 3.35. The van der Waals surface area contributed by atoms with E-state index in [0.717, 1.165) is 55.6 Å². The molecule has 0 radical (unpaired) electrons. The van der Waals surface area contributed by atoms with Crippen LogP contribution in [0.2, 0.25) is 0 Å². The van der Waals surface area contributed by atoms with E-state index < -0.39 is 10.4 Å².